The molecule has 0 saturated carbocycles. The van der Waals surface area contributed by atoms with E-state index in [1.54, 1.807) is 12.1 Å². The summed E-state index contributed by atoms with van der Waals surface area (Å²) >= 11 is 1.33. The topological polar surface area (TPSA) is 26.0 Å². The molecule has 0 fully saturated rings. The third-order valence-corrected chi connectivity index (χ3v) is 3.70. The van der Waals surface area contributed by atoms with Gasteiger partial charge in [0.15, 0.2) is 0 Å². The normalized spacial score (nSPS) is 12.4. The summed E-state index contributed by atoms with van der Waals surface area (Å²) in [7, 11) is 0. The maximum atomic E-state index is 13.5. The Hall–Kier alpha value is -1.46. The van der Waals surface area contributed by atoms with Crippen molar-refractivity contribution in [3.63, 3.8) is 0 Å². The molecule has 1 atom stereocenters. The van der Waals surface area contributed by atoms with Crippen molar-refractivity contribution >= 4 is 11.8 Å². The van der Waals surface area contributed by atoms with Crippen molar-refractivity contribution < 1.29 is 13.2 Å². The third-order valence-electron chi connectivity index (χ3n) is 2.59. The van der Waals surface area contributed by atoms with Crippen LogP contribution in [0.4, 0.5) is 13.2 Å². The van der Waals surface area contributed by atoms with Gasteiger partial charge in [-0.1, -0.05) is 12.1 Å². The first-order chi connectivity index (χ1) is 9.06. The van der Waals surface area contributed by atoms with Crippen LogP contribution in [0.3, 0.4) is 0 Å². The highest BCUT2D eigenvalue weighted by atomic mass is 32.2. The summed E-state index contributed by atoms with van der Waals surface area (Å²) in [6.45, 7) is 0. The van der Waals surface area contributed by atoms with E-state index in [0.29, 0.717) is 5.75 Å². The molecule has 0 aliphatic heterocycles. The molecular weight excluding hydrogens is 271 g/mol. The van der Waals surface area contributed by atoms with Gasteiger partial charge in [-0.3, -0.25) is 0 Å². The number of halogens is 3. The van der Waals surface area contributed by atoms with E-state index in [-0.39, 0.29) is 11.4 Å². The van der Waals surface area contributed by atoms with Crippen molar-refractivity contribution in [1.82, 2.24) is 0 Å². The summed E-state index contributed by atoms with van der Waals surface area (Å²) in [5.74, 6) is -1.24. The molecule has 0 amide bonds. The minimum atomic E-state index is -0.660. The van der Waals surface area contributed by atoms with Crippen LogP contribution in [0.5, 0.6) is 0 Å². The van der Waals surface area contributed by atoms with Gasteiger partial charge in [0, 0.05) is 28.3 Å². The van der Waals surface area contributed by atoms with Gasteiger partial charge in [0.2, 0.25) is 0 Å². The first-order valence-electron chi connectivity index (χ1n) is 5.65. The van der Waals surface area contributed by atoms with E-state index in [4.69, 9.17) is 5.73 Å². The molecule has 2 N–H and O–H groups in total. The first-order valence-corrected chi connectivity index (χ1v) is 6.64. The van der Waals surface area contributed by atoms with Crippen LogP contribution in [0.2, 0.25) is 0 Å². The Morgan fingerprint density at radius 1 is 1.00 bits per heavy atom. The van der Waals surface area contributed by atoms with Gasteiger partial charge in [-0.05, 0) is 24.3 Å². The minimum Gasteiger partial charge on any atom is -0.323 e. The van der Waals surface area contributed by atoms with Crippen molar-refractivity contribution in [3.05, 3.63) is 65.5 Å². The van der Waals surface area contributed by atoms with Gasteiger partial charge in [-0.2, -0.15) is 0 Å². The molecule has 19 heavy (non-hydrogen) atoms. The molecular formula is C14H12F3NS. The van der Waals surface area contributed by atoms with E-state index in [9.17, 15) is 13.2 Å². The molecule has 0 aliphatic carbocycles. The lowest BCUT2D eigenvalue weighted by atomic mass is 10.1. The SMILES string of the molecule is NC(CSc1cccc(F)c1)c1ccc(F)cc1F. The summed E-state index contributed by atoms with van der Waals surface area (Å²) in [5, 5.41) is 0. The number of hydrogen-bond donors (Lipinski definition) is 1. The Labute approximate surface area is 113 Å². The summed E-state index contributed by atoms with van der Waals surface area (Å²) < 4.78 is 39.3. The molecule has 2 aromatic rings. The van der Waals surface area contributed by atoms with E-state index in [1.165, 1.54) is 36.0 Å². The molecule has 2 aromatic carbocycles. The first kappa shape index (κ1) is 14.0. The highest BCUT2D eigenvalue weighted by Gasteiger charge is 2.12. The smallest absolute Gasteiger partial charge is 0.130 e. The summed E-state index contributed by atoms with van der Waals surface area (Å²) in [6, 6.07) is 8.83. The highest BCUT2D eigenvalue weighted by Crippen LogP contribution is 2.25. The average Bonchev–Trinajstić information content (AvgIpc) is 2.36. The Balaban J connectivity index is 2.03. The predicted molar refractivity (Wildman–Crippen MR) is 70.4 cm³/mol. The van der Waals surface area contributed by atoms with E-state index < -0.39 is 17.7 Å². The lowest BCUT2D eigenvalue weighted by Crippen LogP contribution is -2.14. The van der Waals surface area contributed by atoms with Crippen molar-refractivity contribution in [3.8, 4) is 0 Å². The number of benzene rings is 2. The Kier molecular flexibility index (Phi) is 4.50. The zero-order chi connectivity index (χ0) is 13.8. The molecule has 0 saturated heterocycles. The molecule has 5 heteroatoms. The largest absolute Gasteiger partial charge is 0.323 e. The van der Waals surface area contributed by atoms with Crippen LogP contribution in [0, 0.1) is 17.5 Å². The molecule has 0 heterocycles. The maximum absolute atomic E-state index is 13.5. The average molecular weight is 283 g/mol. The molecule has 2 rings (SSSR count). The molecule has 0 aliphatic rings. The second kappa shape index (κ2) is 6.12. The quantitative estimate of drug-likeness (QED) is 0.861. The van der Waals surface area contributed by atoms with Crippen molar-refractivity contribution in [1.29, 1.82) is 0 Å². The fourth-order valence-electron chi connectivity index (χ4n) is 1.63. The molecule has 0 spiro atoms. The maximum Gasteiger partial charge on any atom is 0.130 e. The molecule has 0 aromatic heterocycles. The van der Waals surface area contributed by atoms with Gasteiger partial charge in [0.05, 0.1) is 0 Å². The summed E-state index contributed by atoms with van der Waals surface area (Å²) in [4.78, 5) is 0.720. The fourth-order valence-corrected chi connectivity index (χ4v) is 2.56. The zero-order valence-corrected chi connectivity index (χ0v) is 10.8. The van der Waals surface area contributed by atoms with Gasteiger partial charge in [-0.15, -0.1) is 11.8 Å². The van der Waals surface area contributed by atoms with Crippen molar-refractivity contribution in [2.24, 2.45) is 5.73 Å². The lowest BCUT2D eigenvalue weighted by Gasteiger charge is -2.12. The number of thioether (sulfide) groups is 1. The third kappa shape index (κ3) is 3.75. The van der Waals surface area contributed by atoms with Crippen LogP contribution in [-0.4, -0.2) is 5.75 Å². The second-order valence-electron chi connectivity index (χ2n) is 4.04. The Morgan fingerprint density at radius 3 is 2.42 bits per heavy atom. The zero-order valence-electron chi connectivity index (χ0n) is 9.95. The van der Waals surface area contributed by atoms with Crippen LogP contribution in [0.25, 0.3) is 0 Å². The number of nitrogens with two attached hydrogens (primary N) is 1. The number of hydrogen-bond acceptors (Lipinski definition) is 2. The van der Waals surface area contributed by atoms with Crippen molar-refractivity contribution in [2.45, 2.75) is 10.9 Å². The minimum absolute atomic E-state index is 0.255. The summed E-state index contributed by atoms with van der Waals surface area (Å²) in [6.07, 6.45) is 0. The Bertz CT molecular complexity index is 574. The van der Waals surface area contributed by atoms with Gasteiger partial charge in [0.25, 0.3) is 0 Å². The van der Waals surface area contributed by atoms with E-state index in [0.717, 1.165) is 11.0 Å². The van der Waals surface area contributed by atoms with Crippen LogP contribution in [0.1, 0.15) is 11.6 Å². The van der Waals surface area contributed by atoms with Gasteiger partial charge < -0.3 is 5.73 Å². The van der Waals surface area contributed by atoms with Crippen LogP contribution < -0.4 is 5.73 Å². The van der Waals surface area contributed by atoms with Crippen LogP contribution in [0.15, 0.2) is 47.4 Å². The predicted octanol–water partition coefficient (Wildman–Crippen LogP) is 3.90. The van der Waals surface area contributed by atoms with Gasteiger partial charge >= 0.3 is 0 Å². The van der Waals surface area contributed by atoms with E-state index in [2.05, 4.69) is 0 Å². The van der Waals surface area contributed by atoms with Crippen LogP contribution >= 0.6 is 11.8 Å². The van der Waals surface area contributed by atoms with Gasteiger partial charge in [0.1, 0.15) is 17.5 Å². The Morgan fingerprint density at radius 2 is 1.74 bits per heavy atom. The number of rotatable bonds is 4. The lowest BCUT2D eigenvalue weighted by molar-refractivity contribution is 0.563. The summed E-state index contributed by atoms with van der Waals surface area (Å²) in [5.41, 5.74) is 6.11. The van der Waals surface area contributed by atoms with Gasteiger partial charge in [-0.25, -0.2) is 13.2 Å². The van der Waals surface area contributed by atoms with E-state index in [1.807, 2.05) is 0 Å². The second-order valence-corrected chi connectivity index (χ2v) is 5.13. The fraction of sp³-hybridized carbons (Fsp3) is 0.143. The van der Waals surface area contributed by atoms with Crippen LogP contribution in [-0.2, 0) is 0 Å². The monoisotopic (exact) mass is 283 g/mol. The molecule has 100 valence electrons. The molecule has 1 nitrogen and oxygen atoms in total. The highest BCUT2D eigenvalue weighted by molar-refractivity contribution is 7.99. The van der Waals surface area contributed by atoms with E-state index >= 15 is 0 Å². The standard InChI is InChI=1S/C14H12F3NS/c15-9-2-1-3-11(6-9)19-8-14(18)12-5-4-10(16)7-13(12)17/h1-7,14H,8,18H2. The molecule has 0 bridgehead atoms. The molecule has 0 radical (unpaired) electrons. The molecule has 1 unspecified atom stereocenters. The van der Waals surface area contributed by atoms with Crippen molar-refractivity contribution in [2.75, 3.05) is 5.75 Å².